The SMILES string of the molecule is CCN(Cc1cccc(S(N)(=O)=O)c1)c1ccccc1Cl. The van der Waals surface area contributed by atoms with E-state index in [1.807, 2.05) is 37.3 Å². The van der Waals surface area contributed by atoms with Crippen LogP contribution in [0.4, 0.5) is 5.69 Å². The second-order valence-electron chi connectivity index (χ2n) is 4.66. The van der Waals surface area contributed by atoms with E-state index in [4.69, 9.17) is 16.7 Å². The highest BCUT2D eigenvalue weighted by atomic mass is 35.5. The quantitative estimate of drug-likeness (QED) is 0.919. The fraction of sp³-hybridized carbons (Fsp3) is 0.200. The summed E-state index contributed by atoms with van der Waals surface area (Å²) in [5, 5.41) is 5.83. The van der Waals surface area contributed by atoms with Crippen molar-refractivity contribution < 1.29 is 8.42 Å². The molecule has 0 bridgehead atoms. The normalized spacial score (nSPS) is 11.4. The number of para-hydroxylation sites is 1. The van der Waals surface area contributed by atoms with Gasteiger partial charge in [-0.15, -0.1) is 0 Å². The van der Waals surface area contributed by atoms with Gasteiger partial charge in [-0.25, -0.2) is 13.6 Å². The minimum Gasteiger partial charge on any atom is -0.366 e. The number of anilines is 1. The third-order valence-electron chi connectivity index (χ3n) is 3.18. The lowest BCUT2D eigenvalue weighted by molar-refractivity contribution is 0.597. The summed E-state index contributed by atoms with van der Waals surface area (Å²) in [6, 6.07) is 14.2. The van der Waals surface area contributed by atoms with Gasteiger partial charge in [-0.2, -0.15) is 0 Å². The molecule has 0 radical (unpaired) electrons. The van der Waals surface area contributed by atoms with Crippen LogP contribution >= 0.6 is 11.6 Å². The average Bonchev–Trinajstić information content (AvgIpc) is 2.45. The lowest BCUT2D eigenvalue weighted by Crippen LogP contribution is -2.22. The molecule has 6 heteroatoms. The third kappa shape index (κ3) is 3.97. The number of rotatable bonds is 5. The van der Waals surface area contributed by atoms with Crippen LogP contribution in [0.1, 0.15) is 12.5 Å². The van der Waals surface area contributed by atoms with Crippen LogP contribution in [-0.4, -0.2) is 15.0 Å². The topological polar surface area (TPSA) is 63.4 Å². The molecule has 21 heavy (non-hydrogen) atoms. The molecule has 0 fully saturated rings. The minimum absolute atomic E-state index is 0.121. The largest absolute Gasteiger partial charge is 0.366 e. The number of benzene rings is 2. The first-order valence-corrected chi connectivity index (χ1v) is 8.45. The first-order valence-electron chi connectivity index (χ1n) is 6.53. The van der Waals surface area contributed by atoms with Crippen LogP contribution in [-0.2, 0) is 16.6 Å². The summed E-state index contributed by atoms with van der Waals surface area (Å²) in [6.45, 7) is 3.33. The lowest BCUT2D eigenvalue weighted by Gasteiger charge is -2.24. The molecular formula is C15H17ClN2O2S. The van der Waals surface area contributed by atoms with Gasteiger partial charge in [0.05, 0.1) is 15.6 Å². The first kappa shape index (κ1) is 15.8. The molecule has 0 aliphatic rings. The van der Waals surface area contributed by atoms with Gasteiger partial charge in [-0.3, -0.25) is 0 Å². The Morgan fingerprint density at radius 1 is 1.14 bits per heavy atom. The number of hydrogen-bond donors (Lipinski definition) is 1. The van der Waals surface area contributed by atoms with E-state index >= 15 is 0 Å². The summed E-state index contributed by atoms with van der Waals surface area (Å²) < 4.78 is 22.8. The third-order valence-corrected chi connectivity index (χ3v) is 4.41. The number of hydrogen-bond acceptors (Lipinski definition) is 3. The van der Waals surface area contributed by atoms with Crippen molar-refractivity contribution in [3.63, 3.8) is 0 Å². The molecule has 0 amide bonds. The molecule has 0 aliphatic carbocycles. The van der Waals surface area contributed by atoms with Crippen molar-refractivity contribution in [1.29, 1.82) is 0 Å². The Balaban J connectivity index is 2.30. The molecule has 0 atom stereocenters. The summed E-state index contributed by atoms with van der Waals surface area (Å²) in [6.07, 6.45) is 0. The van der Waals surface area contributed by atoms with E-state index in [1.54, 1.807) is 12.1 Å². The maximum atomic E-state index is 11.4. The number of sulfonamides is 1. The molecule has 112 valence electrons. The van der Waals surface area contributed by atoms with Crippen LogP contribution in [0.3, 0.4) is 0 Å². The molecule has 0 saturated carbocycles. The summed E-state index contributed by atoms with van der Waals surface area (Å²) in [5.41, 5.74) is 1.78. The monoisotopic (exact) mass is 324 g/mol. The van der Waals surface area contributed by atoms with Gasteiger partial charge in [0.2, 0.25) is 10.0 Å². The fourth-order valence-electron chi connectivity index (χ4n) is 2.12. The summed E-state index contributed by atoms with van der Waals surface area (Å²) in [4.78, 5) is 2.19. The van der Waals surface area contributed by atoms with Crippen molar-refractivity contribution in [3.8, 4) is 0 Å². The lowest BCUT2D eigenvalue weighted by atomic mass is 10.2. The van der Waals surface area contributed by atoms with Gasteiger partial charge in [-0.1, -0.05) is 35.9 Å². The summed E-state index contributed by atoms with van der Waals surface area (Å²) >= 11 is 6.21. The van der Waals surface area contributed by atoms with E-state index in [2.05, 4.69) is 4.90 Å². The van der Waals surface area contributed by atoms with Crippen molar-refractivity contribution in [1.82, 2.24) is 0 Å². The van der Waals surface area contributed by atoms with Crippen molar-refractivity contribution in [2.45, 2.75) is 18.4 Å². The molecule has 0 aromatic heterocycles. The molecule has 2 aromatic rings. The summed E-state index contributed by atoms with van der Waals surface area (Å²) in [7, 11) is -3.69. The van der Waals surface area contributed by atoms with Gasteiger partial charge in [0.15, 0.2) is 0 Å². The van der Waals surface area contributed by atoms with E-state index in [0.29, 0.717) is 11.6 Å². The van der Waals surface area contributed by atoms with Crippen molar-refractivity contribution in [2.75, 3.05) is 11.4 Å². The zero-order valence-corrected chi connectivity index (χ0v) is 13.2. The minimum atomic E-state index is -3.69. The van der Waals surface area contributed by atoms with Crippen LogP contribution < -0.4 is 10.0 Å². The smallest absolute Gasteiger partial charge is 0.238 e. The maximum Gasteiger partial charge on any atom is 0.238 e. The molecule has 2 rings (SSSR count). The van der Waals surface area contributed by atoms with Crippen LogP contribution in [0.25, 0.3) is 0 Å². The molecule has 2 aromatic carbocycles. The first-order chi connectivity index (χ1) is 9.91. The second kappa shape index (κ2) is 6.47. The van der Waals surface area contributed by atoms with E-state index in [9.17, 15) is 8.42 Å². The Hall–Kier alpha value is -1.56. The molecule has 0 aliphatic heterocycles. The zero-order chi connectivity index (χ0) is 15.5. The Labute approximate surface area is 130 Å². The standard InChI is InChI=1S/C15H17ClN2O2S/c1-2-18(15-9-4-3-8-14(15)16)11-12-6-5-7-13(10-12)21(17,19)20/h3-10H,2,11H2,1H3,(H2,17,19,20). The Morgan fingerprint density at radius 3 is 2.48 bits per heavy atom. The van der Waals surface area contributed by atoms with Crippen LogP contribution in [0.5, 0.6) is 0 Å². The van der Waals surface area contributed by atoms with Gasteiger partial charge in [0, 0.05) is 13.1 Å². The predicted octanol–water partition coefficient (Wildman–Crippen LogP) is 3.01. The molecule has 4 nitrogen and oxygen atoms in total. The Bertz CT molecular complexity index is 732. The zero-order valence-electron chi connectivity index (χ0n) is 11.7. The van der Waals surface area contributed by atoms with Crippen LogP contribution in [0.15, 0.2) is 53.4 Å². The molecular weight excluding hydrogens is 308 g/mol. The highest BCUT2D eigenvalue weighted by Crippen LogP contribution is 2.26. The maximum absolute atomic E-state index is 11.4. The van der Waals surface area contributed by atoms with Crippen LogP contribution in [0.2, 0.25) is 5.02 Å². The van der Waals surface area contributed by atoms with Crippen molar-refractivity contribution >= 4 is 27.3 Å². The Morgan fingerprint density at radius 2 is 1.86 bits per heavy atom. The molecule has 2 N–H and O–H groups in total. The van der Waals surface area contributed by atoms with Crippen LogP contribution in [0, 0.1) is 0 Å². The Kier molecular flexibility index (Phi) is 4.88. The van der Waals surface area contributed by atoms with Gasteiger partial charge in [0.25, 0.3) is 0 Å². The number of nitrogens with two attached hydrogens (primary N) is 1. The molecule has 0 unspecified atom stereocenters. The van der Waals surface area contributed by atoms with Gasteiger partial charge in [0.1, 0.15) is 0 Å². The van der Waals surface area contributed by atoms with E-state index in [0.717, 1.165) is 17.8 Å². The molecule has 0 heterocycles. The van der Waals surface area contributed by atoms with Crippen molar-refractivity contribution in [2.24, 2.45) is 5.14 Å². The number of halogens is 1. The predicted molar refractivity (Wildman–Crippen MR) is 86.0 cm³/mol. The van der Waals surface area contributed by atoms with E-state index in [1.165, 1.54) is 6.07 Å². The number of primary sulfonamides is 1. The highest BCUT2D eigenvalue weighted by Gasteiger charge is 2.12. The molecule has 0 saturated heterocycles. The van der Waals surface area contributed by atoms with Gasteiger partial charge >= 0.3 is 0 Å². The second-order valence-corrected chi connectivity index (χ2v) is 6.63. The molecule has 0 spiro atoms. The van der Waals surface area contributed by atoms with Gasteiger partial charge in [-0.05, 0) is 36.8 Å². The van der Waals surface area contributed by atoms with E-state index in [-0.39, 0.29) is 4.90 Å². The fourth-order valence-corrected chi connectivity index (χ4v) is 2.96. The highest BCUT2D eigenvalue weighted by molar-refractivity contribution is 7.89. The van der Waals surface area contributed by atoms with Crippen molar-refractivity contribution in [3.05, 3.63) is 59.1 Å². The van der Waals surface area contributed by atoms with E-state index < -0.39 is 10.0 Å². The van der Waals surface area contributed by atoms with Gasteiger partial charge < -0.3 is 4.90 Å². The number of nitrogens with zero attached hydrogens (tertiary/aromatic N) is 1. The average molecular weight is 325 g/mol. The summed E-state index contributed by atoms with van der Waals surface area (Å²) in [5.74, 6) is 0.